The van der Waals surface area contributed by atoms with Crippen molar-refractivity contribution in [2.45, 2.75) is 20.3 Å². The number of rotatable bonds is 8. The topological polar surface area (TPSA) is 70.7 Å². The second kappa shape index (κ2) is 10.4. The smallest absolute Gasteiger partial charge is 0.227 e. The zero-order valence-corrected chi connectivity index (χ0v) is 15.9. The lowest BCUT2D eigenvalue weighted by molar-refractivity contribution is -0.126. The van der Waals surface area contributed by atoms with Crippen LogP contribution in [-0.2, 0) is 14.3 Å². The van der Waals surface area contributed by atoms with Crippen molar-refractivity contribution >= 4 is 29.9 Å². The fourth-order valence-electron chi connectivity index (χ4n) is 2.86. The molecule has 25 heavy (non-hydrogen) atoms. The lowest BCUT2D eigenvalue weighted by atomic mass is 10.1. The molecule has 1 aliphatic rings. The number of ether oxygens (including phenoxy) is 1. The van der Waals surface area contributed by atoms with Gasteiger partial charge in [0, 0.05) is 45.4 Å². The molecule has 0 aromatic heterocycles. The molecular formula is C18H28ClN3O3. The van der Waals surface area contributed by atoms with Crippen LogP contribution >= 0.6 is 12.4 Å². The number of nitrogens with one attached hydrogen (secondary N) is 2. The van der Waals surface area contributed by atoms with Crippen LogP contribution in [0.25, 0.3) is 0 Å². The highest BCUT2D eigenvalue weighted by Gasteiger charge is 2.35. The summed E-state index contributed by atoms with van der Waals surface area (Å²) < 4.78 is 4.94. The largest absolute Gasteiger partial charge is 0.383 e. The molecule has 2 amide bonds. The number of aryl methyl sites for hydroxylation is 1. The van der Waals surface area contributed by atoms with Gasteiger partial charge in [-0.05, 0) is 31.0 Å². The number of hydrogen-bond acceptors (Lipinski definition) is 4. The summed E-state index contributed by atoms with van der Waals surface area (Å²) in [4.78, 5) is 26.3. The summed E-state index contributed by atoms with van der Waals surface area (Å²) in [6.45, 7) is 7.14. The maximum absolute atomic E-state index is 12.3. The van der Waals surface area contributed by atoms with E-state index in [-0.39, 0.29) is 36.6 Å². The van der Waals surface area contributed by atoms with Gasteiger partial charge >= 0.3 is 0 Å². The van der Waals surface area contributed by atoms with Crippen LogP contribution in [0.3, 0.4) is 0 Å². The molecule has 2 N–H and O–H groups in total. The third-order valence-electron chi connectivity index (χ3n) is 4.45. The van der Waals surface area contributed by atoms with Crippen molar-refractivity contribution in [3.63, 3.8) is 0 Å². The first-order chi connectivity index (χ1) is 11.5. The summed E-state index contributed by atoms with van der Waals surface area (Å²) in [5.74, 6) is -0.317. The third-order valence-corrected chi connectivity index (χ3v) is 4.45. The Morgan fingerprint density at radius 1 is 1.28 bits per heavy atom. The average molecular weight is 370 g/mol. The first-order valence-electron chi connectivity index (χ1n) is 8.38. The summed E-state index contributed by atoms with van der Waals surface area (Å²) in [6, 6.07) is 5.92. The van der Waals surface area contributed by atoms with Gasteiger partial charge in [0.05, 0.1) is 12.5 Å². The monoisotopic (exact) mass is 369 g/mol. The van der Waals surface area contributed by atoms with E-state index in [1.807, 2.05) is 32.0 Å². The highest BCUT2D eigenvalue weighted by molar-refractivity contribution is 6.00. The van der Waals surface area contributed by atoms with Crippen molar-refractivity contribution in [1.29, 1.82) is 0 Å². The fraction of sp³-hybridized carbons (Fsp3) is 0.556. The van der Waals surface area contributed by atoms with Gasteiger partial charge in [0.2, 0.25) is 11.8 Å². The predicted octanol–water partition coefficient (Wildman–Crippen LogP) is 1.43. The van der Waals surface area contributed by atoms with Crippen LogP contribution in [0.1, 0.15) is 17.5 Å². The quantitative estimate of drug-likeness (QED) is 0.680. The molecule has 1 saturated heterocycles. The fourth-order valence-corrected chi connectivity index (χ4v) is 2.86. The van der Waals surface area contributed by atoms with E-state index in [0.717, 1.165) is 23.4 Å². The molecule has 2 rings (SSSR count). The normalized spacial score (nSPS) is 16.7. The molecule has 1 aromatic carbocycles. The van der Waals surface area contributed by atoms with E-state index < -0.39 is 0 Å². The minimum absolute atomic E-state index is 0. The first-order valence-corrected chi connectivity index (χ1v) is 8.38. The second-order valence-corrected chi connectivity index (χ2v) is 6.16. The number of hydrogen-bond donors (Lipinski definition) is 2. The SMILES string of the molecule is COCCNCCNC(=O)C1CC(=O)N(c2cccc(C)c2C)C1.Cl. The van der Waals surface area contributed by atoms with E-state index in [2.05, 4.69) is 10.6 Å². The number of amides is 2. The number of anilines is 1. The van der Waals surface area contributed by atoms with Crippen molar-refractivity contribution in [2.24, 2.45) is 5.92 Å². The minimum atomic E-state index is -0.281. The molecule has 0 radical (unpaired) electrons. The Hall–Kier alpha value is -1.63. The van der Waals surface area contributed by atoms with Crippen molar-refractivity contribution in [3.8, 4) is 0 Å². The van der Waals surface area contributed by atoms with E-state index in [0.29, 0.717) is 26.2 Å². The standard InChI is InChI=1S/C18H27N3O3.ClH/c1-13-5-4-6-16(14(13)2)21-12-15(11-17(21)22)18(23)20-8-7-19-9-10-24-3;/h4-6,15,19H,7-12H2,1-3H3,(H,20,23);1H. The molecule has 0 saturated carbocycles. The molecular weight excluding hydrogens is 342 g/mol. The molecule has 1 fully saturated rings. The molecule has 1 atom stereocenters. The summed E-state index contributed by atoms with van der Waals surface area (Å²) in [5, 5.41) is 6.07. The molecule has 140 valence electrons. The van der Waals surface area contributed by atoms with Gasteiger partial charge in [-0.15, -0.1) is 12.4 Å². The van der Waals surface area contributed by atoms with E-state index in [1.54, 1.807) is 12.0 Å². The maximum atomic E-state index is 12.3. The van der Waals surface area contributed by atoms with Gasteiger partial charge in [0.15, 0.2) is 0 Å². The van der Waals surface area contributed by atoms with Gasteiger partial charge in [-0.1, -0.05) is 12.1 Å². The van der Waals surface area contributed by atoms with Crippen molar-refractivity contribution < 1.29 is 14.3 Å². The van der Waals surface area contributed by atoms with Crippen LogP contribution in [0.5, 0.6) is 0 Å². The van der Waals surface area contributed by atoms with Crippen molar-refractivity contribution in [3.05, 3.63) is 29.3 Å². The summed E-state index contributed by atoms with van der Waals surface area (Å²) in [6.07, 6.45) is 0.274. The van der Waals surface area contributed by atoms with Crippen LogP contribution in [0.2, 0.25) is 0 Å². The zero-order valence-electron chi connectivity index (χ0n) is 15.1. The Morgan fingerprint density at radius 3 is 2.76 bits per heavy atom. The molecule has 1 aliphatic heterocycles. The summed E-state index contributed by atoms with van der Waals surface area (Å²) >= 11 is 0. The first kappa shape index (κ1) is 21.4. The Labute approximate surface area is 155 Å². The Morgan fingerprint density at radius 2 is 2.04 bits per heavy atom. The summed E-state index contributed by atoms with van der Waals surface area (Å²) in [7, 11) is 1.66. The summed E-state index contributed by atoms with van der Waals surface area (Å²) in [5.41, 5.74) is 3.15. The molecule has 0 bridgehead atoms. The number of benzene rings is 1. The minimum Gasteiger partial charge on any atom is -0.383 e. The molecule has 1 heterocycles. The lowest BCUT2D eigenvalue weighted by Gasteiger charge is -2.20. The highest BCUT2D eigenvalue weighted by Crippen LogP contribution is 2.29. The lowest BCUT2D eigenvalue weighted by Crippen LogP contribution is -2.37. The molecule has 0 spiro atoms. The van der Waals surface area contributed by atoms with Gasteiger partial charge in [-0.25, -0.2) is 0 Å². The number of methoxy groups -OCH3 is 1. The van der Waals surface area contributed by atoms with E-state index in [4.69, 9.17) is 4.74 Å². The number of halogens is 1. The van der Waals surface area contributed by atoms with Gasteiger partial charge in [0.25, 0.3) is 0 Å². The number of nitrogens with zero attached hydrogens (tertiary/aromatic N) is 1. The average Bonchev–Trinajstić information content (AvgIpc) is 2.95. The molecule has 0 aliphatic carbocycles. The van der Waals surface area contributed by atoms with E-state index >= 15 is 0 Å². The number of carbonyl (C=O) groups excluding carboxylic acids is 2. The van der Waals surface area contributed by atoms with Crippen molar-refractivity contribution in [2.75, 3.05) is 44.8 Å². The van der Waals surface area contributed by atoms with E-state index in [1.165, 1.54) is 0 Å². The predicted molar refractivity (Wildman–Crippen MR) is 101 cm³/mol. The highest BCUT2D eigenvalue weighted by atomic mass is 35.5. The number of carbonyl (C=O) groups is 2. The van der Waals surface area contributed by atoms with Crippen LogP contribution in [0.15, 0.2) is 18.2 Å². The van der Waals surface area contributed by atoms with Crippen LogP contribution < -0.4 is 15.5 Å². The van der Waals surface area contributed by atoms with Gasteiger partial charge in [-0.3, -0.25) is 9.59 Å². The van der Waals surface area contributed by atoms with Crippen LogP contribution in [0.4, 0.5) is 5.69 Å². The van der Waals surface area contributed by atoms with Gasteiger partial charge < -0.3 is 20.3 Å². The zero-order chi connectivity index (χ0) is 17.5. The Kier molecular flexibility index (Phi) is 8.89. The molecule has 1 aromatic rings. The van der Waals surface area contributed by atoms with Crippen molar-refractivity contribution in [1.82, 2.24) is 10.6 Å². The van der Waals surface area contributed by atoms with Gasteiger partial charge in [0.1, 0.15) is 0 Å². The Balaban J connectivity index is 0.00000312. The maximum Gasteiger partial charge on any atom is 0.227 e. The third kappa shape index (κ3) is 5.70. The van der Waals surface area contributed by atoms with Crippen LogP contribution in [0, 0.1) is 19.8 Å². The van der Waals surface area contributed by atoms with Gasteiger partial charge in [-0.2, -0.15) is 0 Å². The Bertz CT molecular complexity index is 595. The van der Waals surface area contributed by atoms with E-state index in [9.17, 15) is 9.59 Å². The van der Waals surface area contributed by atoms with Crippen LogP contribution in [-0.4, -0.2) is 51.7 Å². The molecule has 1 unspecified atom stereocenters. The second-order valence-electron chi connectivity index (χ2n) is 6.16. The molecule has 7 heteroatoms. The molecule has 6 nitrogen and oxygen atoms in total.